The molecule has 132 valence electrons. The van der Waals surface area contributed by atoms with Crippen LogP contribution in [0.3, 0.4) is 0 Å². The van der Waals surface area contributed by atoms with Gasteiger partial charge < -0.3 is 24.1 Å². The molecular formula is C18H25NO5. The van der Waals surface area contributed by atoms with Crippen LogP contribution in [-0.4, -0.2) is 61.4 Å². The second kappa shape index (κ2) is 6.88. The molecule has 1 aliphatic carbocycles. The van der Waals surface area contributed by atoms with Crippen molar-refractivity contribution < 1.29 is 24.1 Å². The smallest absolute Gasteiger partial charge is 0.231 e. The average Bonchev–Trinajstić information content (AvgIpc) is 3.01. The number of fused-ring (bicyclic) bond motifs is 1. The summed E-state index contributed by atoms with van der Waals surface area (Å²) in [5.41, 5.74) is 1.20. The molecule has 0 radical (unpaired) electrons. The van der Waals surface area contributed by atoms with Crippen molar-refractivity contribution in [2.75, 3.05) is 39.7 Å². The number of ether oxygens (including phenoxy) is 4. The minimum Gasteiger partial charge on any atom is -0.454 e. The molecule has 1 N–H and O–H groups in total. The number of hydrogen-bond donors (Lipinski definition) is 1. The van der Waals surface area contributed by atoms with E-state index in [9.17, 15) is 5.11 Å². The Morgan fingerprint density at radius 3 is 2.96 bits per heavy atom. The molecule has 0 aromatic heterocycles. The third kappa shape index (κ3) is 3.24. The van der Waals surface area contributed by atoms with E-state index in [1.165, 1.54) is 19.3 Å². The summed E-state index contributed by atoms with van der Waals surface area (Å²) in [6.07, 6.45) is 3.14. The normalized spacial score (nSPS) is 23.2. The third-order valence-corrected chi connectivity index (χ3v) is 5.28. The molecule has 1 aromatic carbocycles. The number of nitrogens with zero attached hydrogens (tertiary/aromatic N) is 1. The molecule has 4 rings (SSSR count). The van der Waals surface area contributed by atoms with Crippen molar-refractivity contribution in [1.29, 1.82) is 0 Å². The van der Waals surface area contributed by atoms with Crippen LogP contribution >= 0.6 is 0 Å². The molecule has 0 bridgehead atoms. The lowest BCUT2D eigenvalue weighted by molar-refractivity contribution is -0.123. The van der Waals surface area contributed by atoms with Crippen molar-refractivity contribution in [2.45, 2.75) is 37.5 Å². The molecule has 3 aliphatic rings. The SMILES string of the molecule is OC(COCc1ccc2c(c1)OCO2)CN1CCOCC12CCC2. The molecule has 0 amide bonds. The van der Waals surface area contributed by atoms with Crippen molar-refractivity contribution in [3.8, 4) is 11.5 Å². The number of hydrogen-bond acceptors (Lipinski definition) is 6. The highest BCUT2D eigenvalue weighted by Crippen LogP contribution is 2.39. The van der Waals surface area contributed by atoms with Crippen LogP contribution in [0.25, 0.3) is 0 Å². The number of aliphatic hydroxyl groups excluding tert-OH is 1. The standard InChI is InChI=1S/C18H25NO5/c20-15(9-19-6-7-21-12-18(19)4-1-5-18)11-22-10-14-2-3-16-17(8-14)24-13-23-16/h2-3,8,15,20H,1,4-7,9-13H2. The summed E-state index contributed by atoms with van der Waals surface area (Å²) in [4.78, 5) is 2.40. The van der Waals surface area contributed by atoms with Crippen LogP contribution in [0.15, 0.2) is 18.2 Å². The van der Waals surface area contributed by atoms with E-state index in [0.717, 1.165) is 36.8 Å². The van der Waals surface area contributed by atoms with Crippen LogP contribution in [0.4, 0.5) is 0 Å². The zero-order valence-electron chi connectivity index (χ0n) is 13.9. The molecule has 2 fully saturated rings. The maximum absolute atomic E-state index is 10.3. The van der Waals surface area contributed by atoms with E-state index >= 15 is 0 Å². The van der Waals surface area contributed by atoms with Gasteiger partial charge >= 0.3 is 0 Å². The molecule has 24 heavy (non-hydrogen) atoms. The monoisotopic (exact) mass is 335 g/mol. The fourth-order valence-corrected chi connectivity index (χ4v) is 3.75. The van der Waals surface area contributed by atoms with Crippen molar-refractivity contribution in [2.24, 2.45) is 0 Å². The van der Waals surface area contributed by atoms with E-state index < -0.39 is 6.10 Å². The van der Waals surface area contributed by atoms with E-state index in [0.29, 0.717) is 19.8 Å². The van der Waals surface area contributed by atoms with E-state index in [4.69, 9.17) is 18.9 Å². The number of aliphatic hydroxyl groups is 1. The molecule has 6 heteroatoms. The lowest BCUT2D eigenvalue weighted by Crippen LogP contribution is -2.62. The van der Waals surface area contributed by atoms with Gasteiger partial charge in [0.1, 0.15) is 0 Å². The molecule has 1 saturated carbocycles. The maximum atomic E-state index is 10.3. The Balaban J connectivity index is 1.24. The lowest BCUT2D eigenvalue weighted by atomic mass is 9.75. The predicted octanol–water partition coefficient (Wildman–Crippen LogP) is 1.55. The maximum Gasteiger partial charge on any atom is 0.231 e. The summed E-state index contributed by atoms with van der Waals surface area (Å²) in [7, 11) is 0. The summed E-state index contributed by atoms with van der Waals surface area (Å²) >= 11 is 0. The summed E-state index contributed by atoms with van der Waals surface area (Å²) in [5, 5.41) is 10.3. The van der Waals surface area contributed by atoms with Gasteiger partial charge in [0.2, 0.25) is 6.79 Å². The quantitative estimate of drug-likeness (QED) is 0.851. The zero-order chi connectivity index (χ0) is 16.4. The van der Waals surface area contributed by atoms with Crippen LogP contribution in [0, 0.1) is 0 Å². The second-order valence-corrected chi connectivity index (χ2v) is 6.93. The fourth-order valence-electron chi connectivity index (χ4n) is 3.75. The second-order valence-electron chi connectivity index (χ2n) is 6.93. The van der Waals surface area contributed by atoms with E-state index in [-0.39, 0.29) is 12.3 Å². The van der Waals surface area contributed by atoms with E-state index in [1.807, 2.05) is 18.2 Å². The molecule has 1 atom stereocenters. The van der Waals surface area contributed by atoms with Gasteiger partial charge in [-0.2, -0.15) is 0 Å². The van der Waals surface area contributed by atoms with E-state index in [1.54, 1.807) is 0 Å². The molecular weight excluding hydrogens is 310 g/mol. The van der Waals surface area contributed by atoms with Crippen LogP contribution in [0.1, 0.15) is 24.8 Å². The first-order valence-corrected chi connectivity index (χ1v) is 8.72. The Labute approximate surface area is 142 Å². The predicted molar refractivity (Wildman–Crippen MR) is 87.2 cm³/mol. The molecule has 1 aromatic rings. The van der Waals surface area contributed by atoms with Crippen molar-refractivity contribution in [1.82, 2.24) is 4.90 Å². The molecule has 1 unspecified atom stereocenters. The number of rotatable bonds is 6. The van der Waals surface area contributed by atoms with Gasteiger partial charge in [0.15, 0.2) is 11.5 Å². The van der Waals surface area contributed by atoms with E-state index in [2.05, 4.69) is 4.90 Å². The number of benzene rings is 1. The molecule has 6 nitrogen and oxygen atoms in total. The van der Waals surface area contributed by atoms with Crippen LogP contribution in [0.2, 0.25) is 0 Å². The Kier molecular flexibility index (Phi) is 4.63. The Hall–Kier alpha value is -1.34. The lowest BCUT2D eigenvalue weighted by Gasteiger charge is -2.53. The minimum atomic E-state index is -0.477. The summed E-state index contributed by atoms with van der Waals surface area (Å²) in [5.74, 6) is 1.54. The van der Waals surface area contributed by atoms with Crippen LogP contribution < -0.4 is 9.47 Å². The van der Waals surface area contributed by atoms with Crippen LogP contribution in [-0.2, 0) is 16.1 Å². The summed E-state index contributed by atoms with van der Waals surface area (Å²) in [6, 6.07) is 5.79. The van der Waals surface area contributed by atoms with Gasteiger partial charge in [0.25, 0.3) is 0 Å². The molecule has 1 saturated heterocycles. The first-order chi connectivity index (χ1) is 11.8. The Morgan fingerprint density at radius 1 is 1.25 bits per heavy atom. The van der Waals surface area contributed by atoms with Crippen molar-refractivity contribution in [3.05, 3.63) is 23.8 Å². The van der Waals surface area contributed by atoms with Crippen molar-refractivity contribution >= 4 is 0 Å². The largest absolute Gasteiger partial charge is 0.454 e. The molecule has 2 aliphatic heterocycles. The summed E-state index contributed by atoms with van der Waals surface area (Å²) < 4.78 is 22.0. The fraction of sp³-hybridized carbons (Fsp3) is 0.667. The first kappa shape index (κ1) is 16.1. The first-order valence-electron chi connectivity index (χ1n) is 8.72. The van der Waals surface area contributed by atoms with Gasteiger partial charge in [-0.3, -0.25) is 4.90 Å². The minimum absolute atomic E-state index is 0.177. The van der Waals surface area contributed by atoms with Crippen molar-refractivity contribution in [3.63, 3.8) is 0 Å². The van der Waals surface area contributed by atoms with Gasteiger partial charge in [0, 0.05) is 18.6 Å². The topological polar surface area (TPSA) is 60.4 Å². The van der Waals surface area contributed by atoms with Crippen LogP contribution in [0.5, 0.6) is 11.5 Å². The Bertz CT molecular complexity index is 575. The van der Waals surface area contributed by atoms with Gasteiger partial charge in [-0.25, -0.2) is 0 Å². The van der Waals surface area contributed by atoms with Gasteiger partial charge in [-0.15, -0.1) is 0 Å². The number of morpholine rings is 1. The molecule has 1 spiro atoms. The highest BCUT2D eigenvalue weighted by Gasteiger charge is 2.44. The van der Waals surface area contributed by atoms with Gasteiger partial charge in [0.05, 0.1) is 32.5 Å². The van der Waals surface area contributed by atoms with Gasteiger partial charge in [-0.1, -0.05) is 6.07 Å². The highest BCUT2D eigenvalue weighted by molar-refractivity contribution is 5.44. The summed E-state index contributed by atoms with van der Waals surface area (Å²) in [6.45, 7) is 4.19. The average molecular weight is 335 g/mol. The highest BCUT2D eigenvalue weighted by atomic mass is 16.7. The van der Waals surface area contributed by atoms with Gasteiger partial charge in [-0.05, 0) is 37.0 Å². The molecule has 2 heterocycles. The zero-order valence-corrected chi connectivity index (χ0v) is 13.9. The third-order valence-electron chi connectivity index (χ3n) is 5.28. The number of β-amino-alcohol motifs (C(OH)–C–C–N with tert-alkyl or cyclic N) is 1. The Morgan fingerprint density at radius 2 is 2.12 bits per heavy atom.